The fraction of sp³-hybridized carbons (Fsp3) is 0.211. The number of carbonyl (C=O) groups is 2. The van der Waals surface area contributed by atoms with Crippen molar-refractivity contribution in [2.45, 2.75) is 26.4 Å². The van der Waals surface area contributed by atoms with E-state index in [2.05, 4.69) is 10.6 Å². The first kappa shape index (κ1) is 19.9. The van der Waals surface area contributed by atoms with Crippen LogP contribution in [0.2, 0.25) is 0 Å². The van der Waals surface area contributed by atoms with E-state index in [1.165, 1.54) is 12.1 Å². The molecule has 0 unspecified atom stereocenters. The van der Waals surface area contributed by atoms with Gasteiger partial charge < -0.3 is 15.8 Å². The molecule has 0 aromatic heterocycles. The summed E-state index contributed by atoms with van der Waals surface area (Å²) in [5, 5.41) is 12.8. The fourth-order valence-corrected chi connectivity index (χ4v) is 2.12. The number of nitrogen functional groups attached to an aromatic ring is 1. The predicted molar refractivity (Wildman–Crippen MR) is 101 cm³/mol. The third kappa shape index (κ3) is 5.81. The van der Waals surface area contributed by atoms with Crippen LogP contribution in [0.5, 0.6) is 0 Å². The first-order valence-electron chi connectivity index (χ1n) is 8.10. The molecular formula is C19H21FN4O3. The van der Waals surface area contributed by atoms with E-state index in [0.29, 0.717) is 11.3 Å². The molecule has 8 heteroatoms. The molecule has 0 aliphatic rings. The molecule has 2 aromatic rings. The van der Waals surface area contributed by atoms with Crippen molar-refractivity contribution in [2.24, 2.45) is 0 Å². The molecule has 5 N–H and O–H groups in total. The topological polar surface area (TPSA) is 117 Å². The number of carbonyl (C=O) groups excluding carboxylic acids is 2. The molecule has 0 aliphatic carbocycles. The minimum Gasteiger partial charge on any atom is -0.444 e. The fourth-order valence-electron chi connectivity index (χ4n) is 2.12. The lowest BCUT2D eigenvalue weighted by molar-refractivity contribution is 0.0563. The van der Waals surface area contributed by atoms with E-state index in [9.17, 15) is 14.0 Å². The van der Waals surface area contributed by atoms with Gasteiger partial charge in [-0.2, -0.15) is 0 Å². The first-order valence-corrected chi connectivity index (χ1v) is 8.10. The highest BCUT2D eigenvalue weighted by Gasteiger charge is 2.17. The van der Waals surface area contributed by atoms with Gasteiger partial charge in [0, 0.05) is 16.9 Å². The van der Waals surface area contributed by atoms with Crippen LogP contribution in [-0.2, 0) is 4.74 Å². The van der Waals surface area contributed by atoms with E-state index in [1.54, 1.807) is 45.0 Å². The Morgan fingerprint density at radius 1 is 1.11 bits per heavy atom. The molecular weight excluding hydrogens is 351 g/mol. The Bertz CT molecular complexity index is 874. The molecule has 0 bridgehead atoms. The normalized spacial score (nSPS) is 10.8. The summed E-state index contributed by atoms with van der Waals surface area (Å²) in [6.07, 6.45) is -0.730. The summed E-state index contributed by atoms with van der Waals surface area (Å²) in [7, 11) is 0. The Morgan fingerprint density at radius 3 is 2.33 bits per heavy atom. The van der Waals surface area contributed by atoms with E-state index < -0.39 is 23.4 Å². The summed E-state index contributed by atoms with van der Waals surface area (Å²) < 4.78 is 18.4. The number of amidine groups is 1. The van der Waals surface area contributed by atoms with Crippen molar-refractivity contribution in [2.75, 3.05) is 11.1 Å². The van der Waals surface area contributed by atoms with Gasteiger partial charge in [-0.15, -0.1) is 0 Å². The van der Waals surface area contributed by atoms with E-state index in [-0.39, 0.29) is 17.1 Å². The van der Waals surface area contributed by atoms with Gasteiger partial charge in [0.1, 0.15) is 17.3 Å². The summed E-state index contributed by atoms with van der Waals surface area (Å²) in [4.78, 5) is 23.9. The molecule has 0 radical (unpaired) electrons. The summed E-state index contributed by atoms with van der Waals surface area (Å²) in [5.41, 5.74) is 6.06. The second-order valence-corrected chi connectivity index (χ2v) is 6.76. The average Bonchev–Trinajstić information content (AvgIpc) is 2.55. The second kappa shape index (κ2) is 7.86. The molecule has 2 aromatic carbocycles. The van der Waals surface area contributed by atoms with E-state index in [0.717, 1.165) is 6.07 Å². The smallest absolute Gasteiger partial charge is 0.413 e. The average molecular weight is 372 g/mol. The van der Waals surface area contributed by atoms with Gasteiger partial charge in [0.05, 0.1) is 5.56 Å². The largest absolute Gasteiger partial charge is 0.444 e. The highest BCUT2D eigenvalue weighted by molar-refractivity contribution is 6.08. The molecule has 0 heterocycles. The quantitative estimate of drug-likeness (QED) is 0.375. The molecule has 0 saturated carbocycles. The number of nitrogens with two attached hydrogens (primary N) is 1. The monoisotopic (exact) mass is 372 g/mol. The van der Waals surface area contributed by atoms with Crippen LogP contribution in [0.3, 0.4) is 0 Å². The summed E-state index contributed by atoms with van der Waals surface area (Å²) >= 11 is 0. The predicted octanol–water partition coefficient (Wildman–Crippen LogP) is 3.51. The van der Waals surface area contributed by atoms with Crippen LogP contribution in [-0.4, -0.2) is 23.4 Å². The third-order valence-electron chi connectivity index (χ3n) is 3.32. The molecule has 7 nitrogen and oxygen atoms in total. The Kier molecular flexibility index (Phi) is 5.79. The van der Waals surface area contributed by atoms with Crippen molar-refractivity contribution in [1.29, 1.82) is 5.41 Å². The van der Waals surface area contributed by atoms with Crippen LogP contribution in [0.4, 0.5) is 20.6 Å². The zero-order valence-electron chi connectivity index (χ0n) is 15.2. The highest BCUT2D eigenvalue weighted by Crippen LogP contribution is 2.17. The number of alkyl carbamates (subject to hydrolysis) is 1. The summed E-state index contributed by atoms with van der Waals surface area (Å²) in [6.45, 7) is 5.16. The van der Waals surface area contributed by atoms with E-state index in [4.69, 9.17) is 15.9 Å². The Hall–Kier alpha value is -3.42. The zero-order valence-corrected chi connectivity index (χ0v) is 15.2. The molecule has 0 atom stereocenters. The number of amides is 2. The summed E-state index contributed by atoms with van der Waals surface area (Å²) in [5.74, 6) is -1.26. The van der Waals surface area contributed by atoms with Gasteiger partial charge in [0.2, 0.25) is 0 Å². The number of hydrogen-bond acceptors (Lipinski definition) is 5. The van der Waals surface area contributed by atoms with Gasteiger partial charge in [-0.25, -0.2) is 9.18 Å². The van der Waals surface area contributed by atoms with Crippen molar-refractivity contribution >= 4 is 29.2 Å². The number of nitrogens with one attached hydrogen (secondary N) is 3. The number of benzene rings is 2. The SMILES string of the molecule is CC(C)(C)OC(=O)NC(=N)c1ccc(NC(=O)c2cc(F)ccc2N)cc1. The number of rotatable bonds is 3. The number of halogens is 1. The minimum atomic E-state index is -0.730. The Balaban J connectivity index is 2.02. The molecule has 0 spiro atoms. The van der Waals surface area contributed by atoms with Gasteiger partial charge in [0.25, 0.3) is 5.91 Å². The van der Waals surface area contributed by atoms with Crippen molar-refractivity contribution < 1.29 is 18.7 Å². The second-order valence-electron chi connectivity index (χ2n) is 6.76. The third-order valence-corrected chi connectivity index (χ3v) is 3.32. The maximum absolute atomic E-state index is 13.3. The van der Waals surface area contributed by atoms with E-state index >= 15 is 0 Å². The molecule has 0 saturated heterocycles. The van der Waals surface area contributed by atoms with Gasteiger partial charge in [-0.05, 0) is 63.2 Å². The van der Waals surface area contributed by atoms with Gasteiger partial charge in [-0.3, -0.25) is 15.5 Å². The molecule has 27 heavy (non-hydrogen) atoms. The lowest BCUT2D eigenvalue weighted by Gasteiger charge is -2.19. The highest BCUT2D eigenvalue weighted by atomic mass is 19.1. The number of anilines is 2. The summed E-state index contributed by atoms with van der Waals surface area (Å²) in [6, 6.07) is 9.73. The Labute approximate surface area is 156 Å². The molecule has 2 rings (SSSR count). The van der Waals surface area contributed by atoms with Crippen molar-refractivity contribution in [3.8, 4) is 0 Å². The molecule has 0 aliphatic heterocycles. The molecule has 0 fully saturated rings. The van der Waals surface area contributed by atoms with Crippen LogP contribution in [0, 0.1) is 11.2 Å². The van der Waals surface area contributed by atoms with Gasteiger partial charge in [0.15, 0.2) is 0 Å². The number of ether oxygens (including phenoxy) is 1. The lowest BCUT2D eigenvalue weighted by atomic mass is 10.1. The van der Waals surface area contributed by atoms with Gasteiger partial charge >= 0.3 is 6.09 Å². The molecule has 2 amide bonds. The minimum absolute atomic E-state index is 0.0263. The standard InChI is InChI=1S/C19H21FN4O3/c1-19(2,3)27-18(26)24-16(22)11-4-7-13(8-5-11)23-17(25)14-10-12(20)6-9-15(14)21/h4-10H,21H2,1-3H3,(H,23,25)(H2,22,24,26). The zero-order chi connectivity index (χ0) is 20.2. The van der Waals surface area contributed by atoms with Crippen molar-refractivity contribution in [1.82, 2.24) is 5.32 Å². The van der Waals surface area contributed by atoms with Gasteiger partial charge in [-0.1, -0.05) is 0 Å². The maximum Gasteiger partial charge on any atom is 0.413 e. The first-order chi connectivity index (χ1) is 12.5. The molecule has 142 valence electrons. The van der Waals surface area contributed by atoms with E-state index in [1.807, 2.05) is 0 Å². The van der Waals surface area contributed by atoms with Crippen LogP contribution in [0.15, 0.2) is 42.5 Å². The lowest BCUT2D eigenvalue weighted by Crippen LogP contribution is -2.36. The van der Waals surface area contributed by atoms with Crippen LogP contribution >= 0.6 is 0 Å². The Morgan fingerprint density at radius 2 is 1.74 bits per heavy atom. The van der Waals surface area contributed by atoms with Crippen LogP contribution in [0.1, 0.15) is 36.7 Å². The van der Waals surface area contributed by atoms with Crippen molar-refractivity contribution in [3.63, 3.8) is 0 Å². The van der Waals surface area contributed by atoms with Crippen LogP contribution < -0.4 is 16.4 Å². The van der Waals surface area contributed by atoms with Crippen molar-refractivity contribution in [3.05, 3.63) is 59.4 Å². The maximum atomic E-state index is 13.3. The van der Waals surface area contributed by atoms with Crippen LogP contribution in [0.25, 0.3) is 0 Å². The number of hydrogen-bond donors (Lipinski definition) is 4.